The molecule has 16 heavy (non-hydrogen) atoms. The van der Waals surface area contributed by atoms with Crippen LogP contribution in [-0.4, -0.2) is 37.8 Å². The summed E-state index contributed by atoms with van der Waals surface area (Å²) in [7, 11) is -3.39. The molecule has 0 aromatic carbocycles. The van der Waals surface area contributed by atoms with Crippen molar-refractivity contribution < 1.29 is 18.3 Å². The molecule has 1 aliphatic carbocycles. The predicted octanol–water partition coefficient (Wildman–Crippen LogP) is -0.492. The minimum absolute atomic E-state index is 0.127. The topological polar surface area (TPSA) is 109 Å². The lowest BCUT2D eigenvalue weighted by Crippen LogP contribution is -2.42. The molecule has 1 unspecified atom stereocenters. The average Bonchev–Trinajstić information content (AvgIpc) is 2.96. The van der Waals surface area contributed by atoms with Gasteiger partial charge in [0, 0.05) is 19.0 Å². The van der Waals surface area contributed by atoms with E-state index in [2.05, 4.69) is 4.72 Å². The Kier molecular flexibility index (Phi) is 4.69. The number of nitrogens with two attached hydrogens (primary N) is 1. The van der Waals surface area contributed by atoms with Gasteiger partial charge in [-0.3, -0.25) is 4.79 Å². The van der Waals surface area contributed by atoms with E-state index in [1.54, 1.807) is 0 Å². The SMILES string of the molecule is NCC(NS(=O)(=O)CCCC(=O)O)C1CC1. The lowest BCUT2D eigenvalue weighted by Gasteiger charge is -2.15. The second-order valence-electron chi connectivity index (χ2n) is 4.11. The number of carbonyl (C=O) groups is 1. The van der Waals surface area contributed by atoms with Gasteiger partial charge in [-0.1, -0.05) is 0 Å². The second-order valence-corrected chi connectivity index (χ2v) is 5.99. The van der Waals surface area contributed by atoms with Gasteiger partial charge in [0.1, 0.15) is 0 Å². The number of nitrogens with one attached hydrogen (secondary N) is 1. The number of carboxylic acid groups (broad SMARTS) is 1. The number of carboxylic acids is 1. The Bertz CT molecular complexity index is 337. The molecule has 0 amide bonds. The molecule has 0 heterocycles. The van der Waals surface area contributed by atoms with E-state index in [4.69, 9.17) is 10.8 Å². The first-order valence-corrected chi connectivity index (χ1v) is 7.01. The summed E-state index contributed by atoms with van der Waals surface area (Å²) in [5.74, 6) is -0.769. The molecule has 0 radical (unpaired) electrons. The minimum Gasteiger partial charge on any atom is -0.481 e. The van der Waals surface area contributed by atoms with E-state index in [-0.39, 0.29) is 24.6 Å². The number of hydrogen-bond donors (Lipinski definition) is 3. The van der Waals surface area contributed by atoms with Gasteiger partial charge < -0.3 is 10.8 Å². The first kappa shape index (κ1) is 13.4. The van der Waals surface area contributed by atoms with Crippen LogP contribution in [0.1, 0.15) is 25.7 Å². The molecule has 1 fully saturated rings. The highest BCUT2D eigenvalue weighted by molar-refractivity contribution is 7.89. The summed E-state index contributed by atoms with van der Waals surface area (Å²) in [5.41, 5.74) is 5.48. The standard InChI is InChI=1S/C9H18N2O4S/c10-6-8(7-3-4-7)11-16(14,15)5-1-2-9(12)13/h7-8,11H,1-6,10H2,(H,12,13). The van der Waals surface area contributed by atoms with Crippen molar-refractivity contribution in [2.24, 2.45) is 11.7 Å². The zero-order chi connectivity index (χ0) is 12.2. The van der Waals surface area contributed by atoms with Gasteiger partial charge in [-0.25, -0.2) is 13.1 Å². The molecule has 4 N–H and O–H groups in total. The van der Waals surface area contributed by atoms with Crippen molar-refractivity contribution in [3.8, 4) is 0 Å². The molecule has 0 aliphatic heterocycles. The van der Waals surface area contributed by atoms with Crippen LogP contribution in [0.25, 0.3) is 0 Å². The number of aliphatic carboxylic acids is 1. The first-order valence-electron chi connectivity index (χ1n) is 5.36. The maximum atomic E-state index is 11.6. The summed E-state index contributed by atoms with van der Waals surface area (Å²) >= 11 is 0. The van der Waals surface area contributed by atoms with Crippen LogP contribution >= 0.6 is 0 Å². The Morgan fingerprint density at radius 2 is 2.12 bits per heavy atom. The zero-order valence-corrected chi connectivity index (χ0v) is 9.87. The van der Waals surface area contributed by atoms with Crippen LogP contribution in [-0.2, 0) is 14.8 Å². The molecule has 0 aromatic rings. The van der Waals surface area contributed by atoms with Crippen LogP contribution in [0, 0.1) is 5.92 Å². The van der Waals surface area contributed by atoms with Gasteiger partial charge in [0.05, 0.1) is 5.75 Å². The summed E-state index contributed by atoms with van der Waals surface area (Å²) in [4.78, 5) is 10.2. The third-order valence-corrected chi connectivity index (χ3v) is 4.07. The van der Waals surface area contributed by atoms with E-state index in [1.165, 1.54) is 0 Å². The van der Waals surface area contributed by atoms with Crippen molar-refractivity contribution in [1.82, 2.24) is 4.72 Å². The van der Waals surface area contributed by atoms with Crippen LogP contribution < -0.4 is 10.5 Å². The van der Waals surface area contributed by atoms with Crippen molar-refractivity contribution in [2.45, 2.75) is 31.7 Å². The molecule has 1 rings (SSSR count). The van der Waals surface area contributed by atoms with Crippen molar-refractivity contribution in [3.63, 3.8) is 0 Å². The molecule has 6 nitrogen and oxygen atoms in total. The van der Waals surface area contributed by atoms with Gasteiger partial charge >= 0.3 is 5.97 Å². The smallest absolute Gasteiger partial charge is 0.303 e. The molecule has 0 bridgehead atoms. The molecule has 1 aliphatic rings. The summed E-state index contributed by atoms with van der Waals surface area (Å²) in [6.45, 7) is 0.294. The van der Waals surface area contributed by atoms with Gasteiger partial charge in [-0.15, -0.1) is 0 Å². The Labute approximate surface area is 95.3 Å². The molecule has 0 saturated heterocycles. The fraction of sp³-hybridized carbons (Fsp3) is 0.889. The fourth-order valence-corrected chi connectivity index (χ4v) is 2.93. The highest BCUT2D eigenvalue weighted by atomic mass is 32.2. The van der Waals surface area contributed by atoms with Crippen LogP contribution in [0.3, 0.4) is 0 Å². The minimum atomic E-state index is -3.39. The van der Waals surface area contributed by atoms with Crippen molar-refractivity contribution in [2.75, 3.05) is 12.3 Å². The summed E-state index contributed by atoms with van der Waals surface area (Å²) in [6.07, 6.45) is 2.03. The number of hydrogen-bond acceptors (Lipinski definition) is 4. The van der Waals surface area contributed by atoms with Crippen LogP contribution in [0.2, 0.25) is 0 Å². The average molecular weight is 250 g/mol. The van der Waals surface area contributed by atoms with E-state index in [9.17, 15) is 13.2 Å². The molecular formula is C9H18N2O4S. The van der Waals surface area contributed by atoms with Crippen LogP contribution in [0.15, 0.2) is 0 Å². The largest absolute Gasteiger partial charge is 0.481 e. The van der Waals surface area contributed by atoms with E-state index < -0.39 is 16.0 Å². The Hall–Kier alpha value is -0.660. The van der Waals surface area contributed by atoms with Crippen LogP contribution in [0.5, 0.6) is 0 Å². The molecule has 1 saturated carbocycles. The van der Waals surface area contributed by atoms with Crippen molar-refractivity contribution in [1.29, 1.82) is 0 Å². The monoisotopic (exact) mass is 250 g/mol. The highest BCUT2D eigenvalue weighted by Crippen LogP contribution is 2.32. The quantitative estimate of drug-likeness (QED) is 0.538. The normalized spacial score (nSPS) is 18.3. The molecule has 0 spiro atoms. The molecule has 1 atom stereocenters. The fourth-order valence-electron chi connectivity index (χ4n) is 1.54. The predicted molar refractivity (Wildman–Crippen MR) is 59.4 cm³/mol. The number of rotatable bonds is 8. The lowest BCUT2D eigenvalue weighted by atomic mass is 10.2. The van der Waals surface area contributed by atoms with Gasteiger partial charge in [-0.2, -0.15) is 0 Å². The Morgan fingerprint density at radius 3 is 2.56 bits per heavy atom. The number of sulfonamides is 1. The Balaban J connectivity index is 2.34. The first-order chi connectivity index (χ1) is 7.44. The van der Waals surface area contributed by atoms with Crippen LogP contribution in [0.4, 0.5) is 0 Å². The lowest BCUT2D eigenvalue weighted by molar-refractivity contribution is -0.137. The third-order valence-electron chi connectivity index (χ3n) is 2.58. The van der Waals surface area contributed by atoms with E-state index >= 15 is 0 Å². The third kappa shape index (κ3) is 4.91. The maximum Gasteiger partial charge on any atom is 0.303 e. The summed E-state index contributed by atoms with van der Waals surface area (Å²) in [6, 6.07) is -0.185. The molecule has 94 valence electrons. The van der Waals surface area contributed by atoms with Gasteiger partial charge in [-0.05, 0) is 25.2 Å². The van der Waals surface area contributed by atoms with E-state index in [0.717, 1.165) is 12.8 Å². The molecule has 7 heteroatoms. The summed E-state index contributed by atoms with van der Waals surface area (Å²) in [5, 5.41) is 8.40. The maximum absolute atomic E-state index is 11.6. The molecule has 0 aromatic heterocycles. The van der Waals surface area contributed by atoms with Gasteiger partial charge in [0.2, 0.25) is 10.0 Å². The Morgan fingerprint density at radius 1 is 1.50 bits per heavy atom. The van der Waals surface area contributed by atoms with Crippen molar-refractivity contribution >= 4 is 16.0 Å². The second kappa shape index (κ2) is 5.60. The van der Waals surface area contributed by atoms with Gasteiger partial charge in [0.15, 0.2) is 0 Å². The van der Waals surface area contributed by atoms with Crippen molar-refractivity contribution in [3.05, 3.63) is 0 Å². The zero-order valence-electron chi connectivity index (χ0n) is 9.05. The summed E-state index contributed by atoms with van der Waals surface area (Å²) < 4.78 is 25.6. The van der Waals surface area contributed by atoms with Gasteiger partial charge in [0.25, 0.3) is 0 Å². The van der Waals surface area contributed by atoms with E-state index in [0.29, 0.717) is 12.5 Å². The highest BCUT2D eigenvalue weighted by Gasteiger charge is 2.32. The van der Waals surface area contributed by atoms with E-state index in [1.807, 2.05) is 0 Å². The molecular weight excluding hydrogens is 232 g/mol.